The number of nitrogens with one attached hydrogen (secondary N) is 1. The molecular weight excluding hydrogens is 351 g/mol. The number of nitrogens with zero attached hydrogens (tertiary/aromatic N) is 1. The number of benzene rings is 2. The molecule has 1 N–H and O–H groups in total. The van der Waals surface area contributed by atoms with Crippen LogP contribution in [0.3, 0.4) is 0 Å². The van der Waals surface area contributed by atoms with Crippen LogP contribution in [-0.2, 0) is 9.59 Å². The zero-order chi connectivity index (χ0) is 17.5. The van der Waals surface area contributed by atoms with E-state index >= 15 is 0 Å². The molecule has 7 heteroatoms. The van der Waals surface area contributed by atoms with E-state index in [2.05, 4.69) is 5.32 Å². The van der Waals surface area contributed by atoms with Crippen LogP contribution in [0.15, 0.2) is 48.5 Å². The molecule has 2 aromatic carbocycles. The number of hydrogen-bond donors (Lipinski definition) is 1. The number of para-hydroxylation sites is 2. The molecule has 0 radical (unpaired) electrons. The van der Waals surface area contributed by atoms with Gasteiger partial charge in [-0.15, -0.1) is 0 Å². The number of amides is 2. The molecule has 0 aromatic heterocycles. The quantitative estimate of drug-likeness (QED) is 0.851. The van der Waals surface area contributed by atoms with E-state index in [0.29, 0.717) is 21.5 Å². The number of likely N-dealkylation sites (N-methyl/N-ethyl adjacent to an activating group) is 1. The Morgan fingerprint density at radius 2 is 1.67 bits per heavy atom. The summed E-state index contributed by atoms with van der Waals surface area (Å²) in [6.07, 6.45) is 0. The van der Waals surface area contributed by atoms with Crippen molar-refractivity contribution in [3.8, 4) is 5.75 Å². The summed E-state index contributed by atoms with van der Waals surface area (Å²) in [4.78, 5) is 25.3. The maximum atomic E-state index is 12.0. The molecule has 24 heavy (non-hydrogen) atoms. The van der Waals surface area contributed by atoms with Gasteiger partial charge in [0.25, 0.3) is 5.91 Å². The number of anilines is 1. The Balaban J connectivity index is 1.85. The van der Waals surface area contributed by atoms with Crippen LogP contribution in [0.2, 0.25) is 10.0 Å². The molecule has 2 amide bonds. The molecule has 126 valence electrons. The number of carbonyl (C=O) groups excluding carboxylic acids is 2. The monoisotopic (exact) mass is 366 g/mol. The topological polar surface area (TPSA) is 58.6 Å². The minimum Gasteiger partial charge on any atom is -0.484 e. The van der Waals surface area contributed by atoms with Crippen LogP contribution in [0.4, 0.5) is 5.69 Å². The minimum absolute atomic E-state index is 0.140. The molecule has 0 aliphatic rings. The van der Waals surface area contributed by atoms with Crippen molar-refractivity contribution in [3.05, 3.63) is 58.6 Å². The maximum Gasteiger partial charge on any atom is 0.260 e. The Morgan fingerprint density at radius 1 is 1.04 bits per heavy atom. The largest absolute Gasteiger partial charge is 0.484 e. The minimum atomic E-state index is -0.402. The Bertz CT molecular complexity index is 703. The van der Waals surface area contributed by atoms with E-state index in [1.807, 2.05) is 18.2 Å². The lowest BCUT2D eigenvalue weighted by atomic mass is 10.3. The molecule has 2 rings (SSSR count). The van der Waals surface area contributed by atoms with Crippen molar-refractivity contribution in [1.82, 2.24) is 4.90 Å². The summed E-state index contributed by atoms with van der Waals surface area (Å²) >= 11 is 12.0. The van der Waals surface area contributed by atoms with Gasteiger partial charge in [0.15, 0.2) is 6.61 Å². The van der Waals surface area contributed by atoms with Crippen molar-refractivity contribution in [2.24, 2.45) is 0 Å². The molecule has 5 nitrogen and oxygen atoms in total. The maximum absolute atomic E-state index is 12.0. The van der Waals surface area contributed by atoms with E-state index in [1.165, 1.54) is 11.9 Å². The van der Waals surface area contributed by atoms with Gasteiger partial charge in [-0.25, -0.2) is 0 Å². The van der Waals surface area contributed by atoms with Crippen molar-refractivity contribution < 1.29 is 14.3 Å². The fraction of sp³-hybridized carbons (Fsp3) is 0.176. The predicted molar refractivity (Wildman–Crippen MR) is 94.7 cm³/mol. The second kappa shape index (κ2) is 8.57. The van der Waals surface area contributed by atoms with Gasteiger partial charge in [-0.05, 0) is 24.3 Å². The Hall–Kier alpha value is -2.24. The van der Waals surface area contributed by atoms with E-state index in [1.54, 1.807) is 30.3 Å². The second-order valence-corrected chi connectivity index (χ2v) is 5.81. The third-order valence-corrected chi connectivity index (χ3v) is 3.77. The fourth-order valence-corrected chi connectivity index (χ4v) is 2.36. The van der Waals surface area contributed by atoms with Crippen molar-refractivity contribution in [2.75, 3.05) is 25.5 Å². The second-order valence-electron chi connectivity index (χ2n) is 5.00. The van der Waals surface area contributed by atoms with Gasteiger partial charge >= 0.3 is 0 Å². The van der Waals surface area contributed by atoms with Crippen molar-refractivity contribution in [3.63, 3.8) is 0 Å². The fourth-order valence-electron chi connectivity index (χ4n) is 1.87. The molecule has 0 fully saturated rings. The number of ether oxygens (including phenoxy) is 1. The molecule has 0 bridgehead atoms. The zero-order valence-electron chi connectivity index (χ0n) is 13.0. The average molecular weight is 367 g/mol. The summed E-state index contributed by atoms with van der Waals surface area (Å²) in [6, 6.07) is 13.9. The standard InChI is InChI=1S/C17H16Cl2N2O3/c1-21(16(23)11-24-12-6-3-2-4-7-12)10-15(22)20-17-13(18)8-5-9-14(17)19/h2-9H,10-11H2,1H3,(H,20,22). The molecule has 0 aliphatic heterocycles. The van der Waals surface area contributed by atoms with Crippen LogP contribution in [0.1, 0.15) is 0 Å². The third kappa shape index (κ3) is 5.15. The lowest BCUT2D eigenvalue weighted by Gasteiger charge is -2.17. The molecule has 0 atom stereocenters. The molecule has 0 spiro atoms. The van der Waals surface area contributed by atoms with Gasteiger partial charge in [-0.3, -0.25) is 9.59 Å². The molecule has 0 saturated heterocycles. The van der Waals surface area contributed by atoms with Crippen LogP contribution in [0.25, 0.3) is 0 Å². The normalized spacial score (nSPS) is 10.1. The first-order chi connectivity index (χ1) is 11.5. The molecule has 2 aromatic rings. The van der Waals surface area contributed by atoms with E-state index in [-0.39, 0.29) is 19.1 Å². The van der Waals surface area contributed by atoms with E-state index in [0.717, 1.165) is 0 Å². The number of hydrogen-bond acceptors (Lipinski definition) is 3. The summed E-state index contributed by atoms with van der Waals surface area (Å²) in [5.41, 5.74) is 0.326. The van der Waals surface area contributed by atoms with E-state index in [4.69, 9.17) is 27.9 Å². The van der Waals surface area contributed by atoms with Crippen molar-refractivity contribution >= 4 is 40.7 Å². The Labute approximate surface area is 150 Å². The van der Waals surface area contributed by atoms with Gasteiger partial charge in [0.2, 0.25) is 5.91 Å². The summed E-state index contributed by atoms with van der Waals surface area (Å²) in [6.45, 7) is -0.292. The first-order valence-corrected chi connectivity index (χ1v) is 7.88. The summed E-state index contributed by atoms with van der Waals surface area (Å²) in [5.74, 6) is -0.133. The lowest BCUT2D eigenvalue weighted by molar-refractivity contribution is -0.135. The van der Waals surface area contributed by atoms with Crippen LogP contribution >= 0.6 is 23.2 Å². The molecular formula is C17H16Cl2N2O3. The van der Waals surface area contributed by atoms with Gasteiger partial charge in [0.1, 0.15) is 5.75 Å². The van der Waals surface area contributed by atoms with Crippen LogP contribution < -0.4 is 10.1 Å². The van der Waals surface area contributed by atoms with Gasteiger partial charge < -0.3 is 15.0 Å². The molecule has 0 aliphatic carbocycles. The zero-order valence-corrected chi connectivity index (χ0v) is 14.5. The lowest BCUT2D eigenvalue weighted by Crippen LogP contribution is -2.37. The number of rotatable bonds is 6. The van der Waals surface area contributed by atoms with E-state index in [9.17, 15) is 9.59 Å². The van der Waals surface area contributed by atoms with Crippen LogP contribution in [0, 0.1) is 0 Å². The SMILES string of the molecule is CN(CC(=O)Nc1c(Cl)cccc1Cl)C(=O)COc1ccccc1. The summed E-state index contributed by atoms with van der Waals surface area (Å²) in [5, 5.41) is 3.26. The van der Waals surface area contributed by atoms with Crippen LogP contribution in [-0.4, -0.2) is 36.9 Å². The Kier molecular flexibility index (Phi) is 6.46. The molecule has 0 unspecified atom stereocenters. The Morgan fingerprint density at radius 3 is 2.29 bits per heavy atom. The highest BCUT2D eigenvalue weighted by atomic mass is 35.5. The van der Waals surface area contributed by atoms with E-state index < -0.39 is 5.91 Å². The average Bonchev–Trinajstić information content (AvgIpc) is 2.57. The summed E-state index contributed by atoms with van der Waals surface area (Å²) < 4.78 is 5.36. The van der Waals surface area contributed by atoms with Crippen LogP contribution in [0.5, 0.6) is 5.75 Å². The number of carbonyl (C=O) groups is 2. The molecule has 0 saturated carbocycles. The van der Waals surface area contributed by atoms with Gasteiger partial charge in [-0.2, -0.15) is 0 Å². The predicted octanol–water partition coefficient (Wildman–Crippen LogP) is 3.47. The number of halogens is 2. The van der Waals surface area contributed by atoms with Crippen molar-refractivity contribution in [2.45, 2.75) is 0 Å². The van der Waals surface area contributed by atoms with Gasteiger partial charge in [0.05, 0.1) is 22.3 Å². The highest BCUT2D eigenvalue weighted by Gasteiger charge is 2.15. The molecule has 0 heterocycles. The summed E-state index contributed by atoms with van der Waals surface area (Å²) in [7, 11) is 1.52. The third-order valence-electron chi connectivity index (χ3n) is 3.14. The first kappa shape index (κ1) is 18.1. The van der Waals surface area contributed by atoms with Crippen molar-refractivity contribution in [1.29, 1.82) is 0 Å². The van der Waals surface area contributed by atoms with Gasteiger partial charge in [0, 0.05) is 7.05 Å². The smallest absolute Gasteiger partial charge is 0.260 e. The highest BCUT2D eigenvalue weighted by Crippen LogP contribution is 2.29. The van der Waals surface area contributed by atoms with Gasteiger partial charge in [-0.1, -0.05) is 47.5 Å². The first-order valence-electron chi connectivity index (χ1n) is 7.13. The highest BCUT2D eigenvalue weighted by molar-refractivity contribution is 6.39.